The lowest BCUT2D eigenvalue weighted by atomic mass is 10.5. The fourth-order valence-corrected chi connectivity index (χ4v) is 0.199. The van der Waals surface area contributed by atoms with Crippen LogP contribution in [0.25, 0.3) is 0 Å². The Bertz CT molecular complexity index is 171. The number of halogens is 5. The lowest BCUT2D eigenvalue weighted by Gasteiger charge is -1.87. The van der Waals surface area contributed by atoms with Crippen molar-refractivity contribution in [1.82, 2.24) is 0 Å². The van der Waals surface area contributed by atoms with Gasteiger partial charge >= 0.3 is 18.4 Å². The van der Waals surface area contributed by atoms with E-state index in [9.17, 15) is 31.5 Å². The lowest BCUT2D eigenvalue weighted by Crippen LogP contribution is -2.00. The van der Waals surface area contributed by atoms with Crippen LogP contribution in [0.15, 0.2) is 0 Å². The first-order valence-corrected chi connectivity index (χ1v) is 4.07. The van der Waals surface area contributed by atoms with Gasteiger partial charge in [0.1, 0.15) is 0 Å². The topological polar surface area (TPSA) is 52.6 Å². The number of rotatable bonds is 2. The third-order valence-corrected chi connectivity index (χ3v) is 0.853. The first kappa shape index (κ1) is 20.9. The normalized spacial score (nSPS) is 8.94. The summed E-state index contributed by atoms with van der Waals surface area (Å²) in [7, 11) is 2.52. The second-order valence-electron chi connectivity index (χ2n) is 2.07. The van der Waals surface area contributed by atoms with Crippen molar-refractivity contribution >= 4 is 11.9 Å². The van der Waals surface area contributed by atoms with E-state index in [1.54, 1.807) is 6.92 Å². The summed E-state index contributed by atoms with van der Waals surface area (Å²) in [4.78, 5) is 19.5. The van der Waals surface area contributed by atoms with Crippen molar-refractivity contribution in [2.75, 3.05) is 20.9 Å². The molecular weight excluding hydrogens is 255 g/mol. The van der Waals surface area contributed by atoms with E-state index < -0.39 is 19.1 Å². The standard InChI is InChI=1S/C4H8O2.C3H5FO2.CF4/c1-3-4(5)6-2;1-6-3(5)2-4;2-1(3,4)5/h3H2,1-2H3;2H2,1H3;. The summed E-state index contributed by atoms with van der Waals surface area (Å²) in [5, 5.41) is 0. The maximum absolute atomic E-state index is 10.9. The molecule has 0 aliphatic carbocycles. The van der Waals surface area contributed by atoms with E-state index >= 15 is 0 Å². The van der Waals surface area contributed by atoms with Gasteiger partial charge in [0, 0.05) is 6.42 Å². The Hall–Kier alpha value is -1.41. The van der Waals surface area contributed by atoms with E-state index in [-0.39, 0.29) is 5.97 Å². The van der Waals surface area contributed by atoms with Gasteiger partial charge in [0.25, 0.3) is 0 Å². The minimum absolute atomic E-state index is 0.157. The van der Waals surface area contributed by atoms with Crippen LogP contribution in [0.3, 0.4) is 0 Å². The molecule has 0 amide bonds. The van der Waals surface area contributed by atoms with Gasteiger partial charge in [0.15, 0.2) is 6.67 Å². The molecule has 0 aromatic carbocycles. The Morgan fingerprint density at radius 1 is 1.00 bits per heavy atom. The smallest absolute Gasteiger partial charge is 0.469 e. The quantitative estimate of drug-likeness (QED) is 0.569. The Balaban J connectivity index is -0.000000174. The molecule has 17 heavy (non-hydrogen) atoms. The van der Waals surface area contributed by atoms with Crippen molar-refractivity contribution in [3.8, 4) is 0 Å². The molecule has 0 bridgehead atoms. The van der Waals surface area contributed by atoms with Crippen LogP contribution in [-0.4, -0.2) is 39.3 Å². The van der Waals surface area contributed by atoms with Crippen molar-refractivity contribution in [1.29, 1.82) is 0 Å². The Morgan fingerprint density at radius 3 is 1.29 bits per heavy atom. The molecule has 0 spiro atoms. The highest BCUT2D eigenvalue weighted by molar-refractivity contribution is 5.70. The van der Waals surface area contributed by atoms with Gasteiger partial charge in [-0.15, -0.1) is 17.6 Å². The van der Waals surface area contributed by atoms with Gasteiger partial charge in [0.2, 0.25) is 0 Å². The van der Waals surface area contributed by atoms with Gasteiger partial charge in [-0.1, -0.05) is 6.92 Å². The van der Waals surface area contributed by atoms with Gasteiger partial charge in [-0.05, 0) is 0 Å². The fourth-order valence-electron chi connectivity index (χ4n) is 0.199. The van der Waals surface area contributed by atoms with Crippen molar-refractivity contribution < 1.29 is 41.0 Å². The van der Waals surface area contributed by atoms with Crippen LogP contribution >= 0.6 is 0 Å². The van der Waals surface area contributed by atoms with Crippen LogP contribution in [0.4, 0.5) is 22.0 Å². The van der Waals surface area contributed by atoms with Gasteiger partial charge in [-0.3, -0.25) is 4.79 Å². The molecule has 0 atom stereocenters. The summed E-state index contributed by atoms with van der Waals surface area (Å²) < 4.78 is 57.8. The highest BCUT2D eigenvalue weighted by Crippen LogP contribution is 2.13. The minimum Gasteiger partial charge on any atom is -0.469 e. The Kier molecular flexibility index (Phi) is 15.6. The van der Waals surface area contributed by atoms with E-state index in [0.717, 1.165) is 7.11 Å². The van der Waals surface area contributed by atoms with Crippen molar-refractivity contribution in [3.05, 3.63) is 0 Å². The third kappa shape index (κ3) is 53.3. The van der Waals surface area contributed by atoms with E-state index in [1.165, 1.54) is 7.11 Å². The first-order valence-electron chi connectivity index (χ1n) is 4.07. The molecule has 0 unspecified atom stereocenters. The SMILES string of the molecule is CCC(=O)OC.COC(=O)CF.FC(F)(F)F. The molecule has 0 fully saturated rings. The highest BCUT2D eigenvalue weighted by atomic mass is 19.5. The summed E-state index contributed by atoms with van der Waals surface area (Å²) in [6.07, 6.45) is -5.03. The summed E-state index contributed by atoms with van der Waals surface area (Å²) >= 11 is 0. The largest absolute Gasteiger partial charge is 0.559 e. The van der Waals surface area contributed by atoms with Crippen LogP contribution in [-0.2, 0) is 19.1 Å². The zero-order valence-electron chi connectivity index (χ0n) is 9.44. The Labute approximate surface area is 94.7 Å². The van der Waals surface area contributed by atoms with Crippen molar-refractivity contribution in [2.45, 2.75) is 19.8 Å². The second kappa shape index (κ2) is 12.7. The molecule has 0 saturated heterocycles. The zero-order chi connectivity index (χ0) is 14.5. The number of alkyl halides is 5. The zero-order valence-corrected chi connectivity index (χ0v) is 9.44. The predicted octanol–water partition coefficient (Wildman–Crippen LogP) is 2.17. The molecular formula is C8H13F5O4. The van der Waals surface area contributed by atoms with Crippen LogP contribution < -0.4 is 0 Å². The molecule has 4 nitrogen and oxygen atoms in total. The molecule has 0 radical (unpaired) electrons. The summed E-state index contributed by atoms with van der Waals surface area (Å²) in [6.45, 7) is 0.725. The fraction of sp³-hybridized carbons (Fsp3) is 0.750. The number of ether oxygens (including phenoxy) is 2. The number of hydrogen-bond acceptors (Lipinski definition) is 4. The van der Waals surface area contributed by atoms with Gasteiger partial charge < -0.3 is 9.47 Å². The summed E-state index contributed by atoms with van der Waals surface area (Å²) in [5.74, 6) is -0.981. The molecule has 0 saturated carbocycles. The molecule has 0 aromatic rings. The maximum Gasteiger partial charge on any atom is 0.559 e. The van der Waals surface area contributed by atoms with Crippen molar-refractivity contribution in [3.63, 3.8) is 0 Å². The Morgan fingerprint density at radius 2 is 1.29 bits per heavy atom. The molecule has 0 aromatic heterocycles. The minimum atomic E-state index is -5.50. The molecule has 0 heterocycles. The number of esters is 2. The molecule has 0 rings (SSSR count). The molecule has 0 aliphatic rings. The van der Waals surface area contributed by atoms with E-state index in [4.69, 9.17) is 0 Å². The molecule has 0 aliphatic heterocycles. The molecule has 104 valence electrons. The average molecular weight is 268 g/mol. The van der Waals surface area contributed by atoms with Crippen LogP contribution in [0.1, 0.15) is 13.3 Å². The van der Waals surface area contributed by atoms with Gasteiger partial charge in [-0.25, -0.2) is 9.18 Å². The number of methoxy groups -OCH3 is 2. The second-order valence-corrected chi connectivity index (χ2v) is 2.07. The van der Waals surface area contributed by atoms with Crippen molar-refractivity contribution in [2.24, 2.45) is 0 Å². The predicted molar refractivity (Wildman–Crippen MR) is 47.5 cm³/mol. The number of carbonyl (C=O) groups excluding carboxylic acids is 2. The van der Waals surface area contributed by atoms with Crippen LogP contribution in [0, 0.1) is 0 Å². The number of carbonyl (C=O) groups is 2. The molecule has 9 heteroatoms. The number of hydrogen-bond donors (Lipinski definition) is 0. The summed E-state index contributed by atoms with van der Waals surface area (Å²) in [6, 6.07) is 0. The monoisotopic (exact) mass is 268 g/mol. The maximum atomic E-state index is 10.9. The van der Waals surface area contributed by atoms with Gasteiger partial charge in [0.05, 0.1) is 14.2 Å². The summed E-state index contributed by atoms with van der Waals surface area (Å²) in [5.41, 5.74) is 0. The lowest BCUT2D eigenvalue weighted by molar-refractivity contribution is -0.237. The highest BCUT2D eigenvalue weighted by Gasteiger charge is 2.24. The van der Waals surface area contributed by atoms with Crippen LogP contribution in [0.2, 0.25) is 0 Å². The van der Waals surface area contributed by atoms with Gasteiger partial charge in [-0.2, -0.15) is 0 Å². The first-order chi connectivity index (χ1) is 7.62. The molecule has 0 N–H and O–H groups in total. The van der Waals surface area contributed by atoms with Crippen LogP contribution in [0.5, 0.6) is 0 Å². The van der Waals surface area contributed by atoms with E-state index in [0.29, 0.717) is 6.42 Å². The third-order valence-electron chi connectivity index (χ3n) is 0.853. The van der Waals surface area contributed by atoms with E-state index in [2.05, 4.69) is 9.47 Å². The van der Waals surface area contributed by atoms with E-state index in [1.807, 2.05) is 0 Å². The average Bonchev–Trinajstić information content (AvgIpc) is 2.25.